The van der Waals surface area contributed by atoms with E-state index in [9.17, 15) is 8.42 Å². The predicted octanol–water partition coefficient (Wildman–Crippen LogP) is 2.92. The van der Waals surface area contributed by atoms with Crippen LogP contribution in [0.3, 0.4) is 0 Å². The summed E-state index contributed by atoms with van der Waals surface area (Å²) in [6.07, 6.45) is 3.45. The number of hydrogen-bond donors (Lipinski definition) is 0. The van der Waals surface area contributed by atoms with Crippen molar-refractivity contribution in [2.45, 2.75) is 55.0 Å². The van der Waals surface area contributed by atoms with Crippen LogP contribution in [-0.2, 0) is 10.0 Å². The second kappa shape index (κ2) is 4.76. The van der Waals surface area contributed by atoms with Crippen molar-refractivity contribution < 1.29 is 8.42 Å². The third-order valence-electron chi connectivity index (χ3n) is 4.17. The Morgan fingerprint density at radius 2 is 1.84 bits per heavy atom. The summed E-state index contributed by atoms with van der Waals surface area (Å²) in [6, 6.07) is 7.34. The van der Waals surface area contributed by atoms with Gasteiger partial charge in [-0.15, -0.1) is 11.6 Å². The van der Waals surface area contributed by atoms with Gasteiger partial charge in [0.25, 0.3) is 0 Å². The summed E-state index contributed by atoms with van der Waals surface area (Å²) in [5, 5.41) is 0.126. The van der Waals surface area contributed by atoms with Gasteiger partial charge in [0.2, 0.25) is 10.0 Å². The lowest BCUT2D eigenvalue weighted by atomic mass is 10.1. The number of fused-ring (bicyclic) bond motifs is 2. The Morgan fingerprint density at radius 3 is 2.42 bits per heavy atom. The van der Waals surface area contributed by atoms with Crippen LogP contribution in [0.2, 0.25) is 0 Å². The van der Waals surface area contributed by atoms with Gasteiger partial charge in [-0.1, -0.05) is 12.1 Å². The highest BCUT2D eigenvalue weighted by atomic mass is 35.5. The summed E-state index contributed by atoms with van der Waals surface area (Å²) in [7, 11) is -3.37. The van der Waals surface area contributed by atoms with E-state index in [1.54, 1.807) is 22.5 Å². The van der Waals surface area contributed by atoms with Crippen molar-refractivity contribution in [1.82, 2.24) is 4.31 Å². The van der Waals surface area contributed by atoms with Crippen molar-refractivity contribution in [3.8, 4) is 0 Å². The van der Waals surface area contributed by atoms with Gasteiger partial charge in [-0.25, -0.2) is 8.42 Å². The van der Waals surface area contributed by atoms with Gasteiger partial charge in [-0.3, -0.25) is 0 Å². The Morgan fingerprint density at radius 1 is 1.21 bits per heavy atom. The fourth-order valence-electron chi connectivity index (χ4n) is 3.36. The van der Waals surface area contributed by atoms with E-state index in [1.165, 1.54) is 0 Å². The molecule has 2 aliphatic rings. The molecule has 1 aromatic carbocycles. The molecule has 5 heteroatoms. The number of alkyl halides is 1. The van der Waals surface area contributed by atoms with Crippen LogP contribution >= 0.6 is 11.6 Å². The lowest BCUT2D eigenvalue weighted by Gasteiger charge is -2.35. The smallest absolute Gasteiger partial charge is 0.207 e. The predicted molar refractivity (Wildman–Crippen MR) is 75.9 cm³/mol. The van der Waals surface area contributed by atoms with Crippen LogP contribution in [-0.4, -0.2) is 30.2 Å². The van der Waals surface area contributed by atoms with Crippen molar-refractivity contribution in [3.63, 3.8) is 0 Å². The fraction of sp³-hybridized carbons (Fsp3) is 0.571. The van der Waals surface area contributed by atoms with Crippen molar-refractivity contribution >= 4 is 21.6 Å². The number of rotatable bonds is 2. The summed E-state index contributed by atoms with van der Waals surface area (Å²) in [4.78, 5) is 0.414. The number of nitrogens with zero attached hydrogens (tertiary/aromatic N) is 1. The van der Waals surface area contributed by atoms with Gasteiger partial charge in [-0.05, 0) is 50.3 Å². The zero-order chi connectivity index (χ0) is 13.6. The first kappa shape index (κ1) is 13.4. The normalized spacial score (nSPS) is 31.6. The molecule has 0 N–H and O–H groups in total. The van der Waals surface area contributed by atoms with Crippen LogP contribution in [0, 0.1) is 6.92 Å². The third kappa shape index (κ3) is 2.30. The van der Waals surface area contributed by atoms with E-state index in [0.29, 0.717) is 4.90 Å². The van der Waals surface area contributed by atoms with E-state index in [4.69, 9.17) is 11.6 Å². The molecule has 2 unspecified atom stereocenters. The average molecular weight is 300 g/mol. The Labute approximate surface area is 119 Å². The molecule has 3 nitrogen and oxygen atoms in total. The minimum atomic E-state index is -3.37. The lowest BCUT2D eigenvalue weighted by molar-refractivity contribution is 0.251. The zero-order valence-electron chi connectivity index (χ0n) is 10.9. The van der Waals surface area contributed by atoms with Crippen molar-refractivity contribution in [2.24, 2.45) is 0 Å². The lowest BCUT2D eigenvalue weighted by Crippen LogP contribution is -2.46. The van der Waals surface area contributed by atoms with Gasteiger partial charge in [0, 0.05) is 17.5 Å². The van der Waals surface area contributed by atoms with E-state index in [-0.39, 0.29) is 17.5 Å². The topological polar surface area (TPSA) is 37.4 Å². The maximum Gasteiger partial charge on any atom is 0.243 e. The molecule has 0 spiro atoms. The fourth-order valence-corrected chi connectivity index (χ4v) is 5.77. The summed E-state index contributed by atoms with van der Waals surface area (Å²) in [6.45, 7) is 1.92. The Hall–Kier alpha value is -0.580. The molecular weight excluding hydrogens is 282 g/mol. The first-order valence-electron chi connectivity index (χ1n) is 6.73. The highest BCUT2D eigenvalue weighted by Crippen LogP contribution is 2.41. The summed E-state index contributed by atoms with van der Waals surface area (Å²) in [5.74, 6) is 0. The molecule has 104 valence electrons. The molecule has 0 aliphatic carbocycles. The molecular formula is C14H18ClNO2S. The largest absolute Gasteiger partial charge is 0.243 e. The zero-order valence-corrected chi connectivity index (χ0v) is 12.5. The highest BCUT2D eigenvalue weighted by molar-refractivity contribution is 7.89. The molecule has 19 heavy (non-hydrogen) atoms. The second-order valence-corrected chi connectivity index (χ2v) is 8.07. The van der Waals surface area contributed by atoms with Crippen LogP contribution in [0.1, 0.15) is 31.2 Å². The van der Waals surface area contributed by atoms with E-state index >= 15 is 0 Å². The van der Waals surface area contributed by atoms with Crippen LogP contribution in [0.4, 0.5) is 0 Å². The monoisotopic (exact) mass is 299 g/mol. The standard InChI is InChI=1S/C14H18ClNO2S/c1-10-3-2-4-14(7-10)19(17,18)16-12-5-6-13(16)9-11(15)8-12/h2-4,7,11-13H,5-6,8-9H2,1H3. The molecule has 2 fully saturated rings. The molecule has 2 heterocycles. The minimum Gasteiger partial charge on any atom is -0.207 e. The van der Waals surface area contributed by atoms with Crippen LogP contribution < -0.4 is 0 Å². The van der Waals surface area contributed by atoms with Crippen LogP contribution in [0.15, 0.2) is 29.2 Å². The molecule has 2 atom stereocenters. The van der Waals surface area contributed by atoms with Crippen molar-refractivity contribution in [3.05, 3.63) is 29.8 Å². The molecule has 0 radical (unpaired) electrons. The van der Waals surface area contributed by atoms with Gasteiger partial charge in [0.05, 0.1) is 4.90 Å². The quantitative estimate of drug-likeness (QED) is 0.788. The van der Waals surface area contributed by atoms with Crippen molar-refractivity contribution in [2.75, 3.05) is 0 Å². The SMILES string of the molecule is Cc1cccc(S(=O)(=O)N2C3CCC2CC(Cl)C3)c1. The Kier molecular flexibility index (Phi) is 3.36. The number of hydrogen-bond acceptors (Lipinski definition) is 2. The van der Waals surface area contributed by atoms with Crippen LogP contribution in [0.5, 0.6) is 0 Å². The van der Waals surface area contributed by atoms with Gasteiger partial charge >= 0.3 is 0 Å². The molecule has 1 aromatic rings. The van der Waals surface area contributed by atoms with E-state index < -0.39 is 10.0 Å². The van der Waals surface area contributed by atoms with Gasteiger partial charge in [0.1, 0.15) is 0 Å². The van der Waals surface area contributed by atoms with E-state index in [0.717, 1.165) is 31.2 Å². The number of aryl methyl sites for hydroxylation is 1. The first-order chi connectivity index (χ1) is 8.98. The molecule has 2 aliphatic heterocycles. The molecule has 0 saturated carbocycles. The molecule has 2 saturated heterocycles. The van der Waals surface area contributed by atoms with E-state index in [1.807, 2.05) is 13.0 Å². The molecule has 3 rings (SSSR count). The second-order valence-electron chi connectivity index (χ2n) is 5.61. The first-order valence-corrected chi connectivity index (χ1v) is 8.60. The summed E-state index contributed by atoms with van der Waals surface area (Å²) in [5.41, 5.74) is 0.973. The number of piperidine rings is 1. The average Bonchev–Trinajstić information content (AvgIpc) is 2.63. The maximum absolute atomic E-state index is 12.8. The number of sulfonamides is 1. The molecule has 2 bridgehead atoms. The Bertz CT molecular complexity index is 573. The number of halogens is 1. The summed E-state index contributed by atoms with van der Waals surface area (Å²) < 4.78 is 27.3. The van der Waals surface area contributed by atoms with Crippen molar-refractivity contribution in [1.29, 1.82) is 0 Å². The van der Waals surface area contributed by atoms with Gasteiger partial charge < -0.3 is 0 Å². The number of benzene rings is 1. The molecule has 0 aromatic heterocycles. The molecule has 0 amide bonds. The highest BCUT2D eigenvalue weighted by Gasteiger charge is 2.46. The minimum absolute atomic E-state index is 0.0896. The van der Waals surface area contributed by atoms with Gasteiger partial charge in [0.15, 0.2) is 0 Å². The van der Waals surface area contributed by atoms with E-state index in [2.05, 4.69) is 0 Å². The Balaban J connectivity index is 1.98. The maximum atomic E-state index is 12.8. The summed E-state index contributed by atoms with van der Waals surface area (Å²) >= 11 is 6.21. The van der Waals surface area contributed by atoms with Gasteiger partial charge in [-0.2, -0.15) is 4.31 Å². The van der Waals surface area contributed by atoms with Crippen LogP contribution in [0.25, 0.3) is 0 Å². The third-order valence-corrected chi connectivity index (χ3v) is 6.53.